The van der Waals surface area contributed by atoms with Crippen molar-refractivity contribution in [2.75, 3.05) is 13.2 Å². The molecule has 0 saturated carbocycles. The van der Waals surface area contributed by atoms with Gasteiger partial charge in [0.25, 0.3) is 0 Å². The number of carbonyl (C=O) groups is 3. The third-order valence-corrected chi connectivity index (χ3v) is 15.2. The minimum absolute atomic E-state index is 0.0831. The van der Waals surface area contributed by atoms with Crippen molar-refractivity contribution in [3.05, 3.63) is 72.9 Å². The van der Waals surface area contributed by atoms with Crippen LogP contribution in [-0.4, -0.2) is 37.2 Å². The van der Waals surface area contributed by atoms with Crippen molar-refractivity contribution in [3.8, 4) is 0 Å². The summed E-state index contributed by atoms with van der Waals surface area (Å²) in [5, 5.41) is 0. The molecule has 0 fully saturated rings. The van der Waals surface area contributed by atoms with Gasteiger partial charge in [-0.15, -0.1) is 0 Å². The Kier molecular flexibility index (Phi) is 64.7. The smallest absolute Gasteiger partial charge is 0.306 e. The van der Waals surface area contributed by atoms with Crippen LogP contribution < -0.4 is 0 Å². The van der Waals surface area contributed by atoms with Gasteiger partial charge in [0.1, 0.15) is 13.2 Å². The Bertz CT molecular complexity index is 1450. The van der Waals surface area contributed by atoms with Gasteiger partial charge in [-0.3, -0.25) is 14.4 Å². The van der Waals surface area contributed by atoms with Crippen LogP contribution in [0.15, 0.2) is 72.9 Å². The van der Waals surface area contributed by atoms with Crippen LogP contribution in [0.3, 0.4) is 0 Å². The molecule has 6 heteroatoms. The standard InChI is InChI=1S/C73H130O6/c1-4-7-10-13-16-19-22-25-27-29-31-33-34-35-36-37-38-39-41-42-44-46-48-51-54-57-60-63-66-72(75)78-69-70(68-77-71(74)65-62-59-56-53-50-24-21-18-15-12-9-6-3)79-73(76)67-64-61-58-55-52-49-47-45-43-40-32-30-28-26-23-20-17-14-11-8-5-2/h8,11,17-18,20-21,26,28,32,40,45,47,70H,4-7,9-10,12-16,19,22-25,27,29-31,33-39,41-44,46,48-69H2,1-3H3/b11-8-,20-17-,21-18-,28-26-,40-32-,47-45-. The van der Waals surface area contributed by atoms with Crippen molar-refractivity contribution < 1.29 is 28.6 Å². The minimum atomic E-state index is -0.789. The Morgan fingerprint density at radius 3 is 0.810 bits per heavy atom. The zero-order chi connectivity index (χ0) is 57.1. The molecule has 0 bridgehead atoms. The molecule has 0 heterocycles. The average Bonchev–Trinajstić information content (AvgIpc) is 3.45. The zero-order valence-corrected chi connectivity index (χ0v) is 52.6. The number of allylic oxidation sites excluding steroid dienone is 12. The van der Waals surface area contributed by atoms with E-state index in [1.165, 1.54) is 199 Å². The molecule has 1 unspecified atom stereocenters. The summed E-state index contributed by atoms with van der Waals surface area (Å²) in [5.74, 6) is -0.894. The molecule has 0 amide bonds. The average molecular weight is 1100 g/mol. The molecule has 0 N–H and O–H groups in total. The summed E-state index contributed by atoms with van der Waals surface area (Å²) >= 11 is 0. The van der Waals surface area contributed by atoms with E-state index in [0.717, 1.165) is 116 Å². The molecule has 0 rings (SSSR count). The predicted molar refractivity (Wildman–Crippen MR) is 344 cm³/mol. The quantitative estimate of drug-likeness (QED) is 0.0261. The topological polar surface area (TPSA) is 78.9 Å². The molecule has 0 aliphatic heterocycles. The molecule has 0 aliphatic rings. The highest BCUT2D eigenvalue weighted by Crippen LogP contribution is 2.18. The molecule has 1 atom stereocenters. The molecule has 0 aromatic heterocycles. The first-order valence-electron chi connectivity index (χ1n) is 34.4. The van der Waals surface area contributed by atoms with Gasteiger partial charge < -0.3 is 14.2 Å². The van der Waals surface area contributed by atoms with Gasteiger partial charge in [0, 0.05) is 19.3 Å². The number of unbranched alkanes of at least 4 members (excludes halogenated alkanes) is 40. The fourth-order valence-corrected chi connectivity index (χ4v) is 10.1. The van der Waals surface area contributed by atoms with E-state index in [1.54, 1.807) is 0 Å². The number of carbonyl (C=O) groups excluding carboxylic acids is 3. The molecule has 0 saturated heterocycles. The van der Waals surface area contributed by atoms with Crippen LogP contribution in [0.1, 0.15) is 355 Å². The third-order valence-electron chi connectivity index (χ3n) is 15.2. The maximum Gasteiger partial charge on any atom is 0.306 e. The Labute approximate surface area is 491 Å². The summed E-state index contributed by atoms with van der Waals surface area (Å²) < 4.78 is 16.9. The van der Waals surface area contributed by atoms with E-state index in [0.29, 0.717) is 19.3 Å². The van der Waals surface area contributed by atoms with Gasteiger partial charge in [-0.1, -0.05) is 318 Å². The summed E-state index contributed by atoms with van der Waals surface area (Å²) in [6.45, 7) is 6.53. The lowest BCUT2D eigenvalue weighted by molar-refractivity contribution is -0.167. The third kappa shape index (κ3) is 65.5. The van der Waals surface area contributed by atoms with Crippen molar-refractivity contribution in [1.82, 2.24) is 0 Å². The number of rotatable bonds is 63. The molecule has 0 spiro atoms. The number of hydrogen-bond donors (Lipinski definition) is 0. The minimum Gasteiger partial charge on any atom is -0.462 e. The summed E-state index contributed by atoms with van der Waals surface area (Å²) in [5.41, 5.74) is 0. The van der Waals surface area contributed by atoms with Gasteiger partial charge in [0.15, 0.2) is 6.10 Å². The van der Waals surface area contributed by atoms with Crippen molar-refractivity contribution in [2.24, 2.45) is 0 Å². The normalized spacial score (nSPS) is 12.5. The van der Waals surface area contributed by atoms with Crippen LogP contribution >= 0.6 is 0 Å². The Morgan fingerprint density at radius 2 is 0.494 bits per heavy atom. The highest BCUT2D eigenvalue weighted by molar-refractivity contribution is 5.71. The maximum atomic E-state index is 12.9. The van der Waals surface area contributed by atoms with Crippen LogP contribution in [0, 0.1) is 0 Å². The van der Waals surface area contributed by atoms with E-state index < -0.39 is 6.10 Å². The Hall–Kier alpha value is -3.15. The van der Waals surface area contributed by atoms with Gasteiger partial charge in [-0.25, -0.2) is 0 Å². The number of hydrogen-bond acceptors (Lipinski definition) is 6. The van der Waals surface area contributed by atoms with Crippen molar-refractivity contribution in [3.63, 3.8) is 0 Å². The number of esters is 3. The fraction of sp³-hybridized carbons (Fsp3) is 0.795. The predicted octanol–water partition coefficient (Wildman–Crippen LogP) is 23.7. The second-order valence-corrected chi connectivity index (χ2v) is 23.1. The summed E-state index contributed by atoms with van der Waals surface area (Å²) in [4.78, 5) is 38.3. The molecule has 0 aliphatic carbocycles. The fourth-order valence-electron chi connectivity index (χ4n) is 10.1. The van der Waals surface area contributed by atoms with Crippen LogP contribution in [0.25, 0.3) is 0 Å². The SMILES string of the molecule is CC/C=C\C/C=C\C/C=C\C/C=C\C/C=C\CCCCCCCC(=O)OC(COC(=O)CCCCCCC/C=C\CCCCC)COC(=O)CCCCCCCCCCCCCCCCCCCCCCCCCCCCCC. The lowest BCUT2D eigenvalue weighted by Crippen LogP contribution is -2.30. The lowest BCUT2D eigenvalue weighted by Gasteiger charge is -2.18. The summed E-state index contributed by atoms with van der Waals surface area (Å²) in [6, 6.07) is 0. The summed E-state index contributed by atoms with van der Waals surface area (Å²) in [6.07, 6.45) is 87.9. The Balaban J connectivity index is 4.23. The van der Waals surface area contributed by atoms with Crippen molar-refractivity contribution in [1.29, 1.82) is 0 Å². The molecule has 458 valence electrons. The molecule has 0 aromatic carbocycles. The van der Waals surface area contributed by atoms with E-state index in [9.17, 15) is 14.4 Å². The highest BCUT2D eigenvalue weighted by atomic mass is 16.6. The first-order chi connectivity index (χ1) is 39.0. The lowest BCUT2D eigenvalue weighted by atomic mass is 10.0. The van der Waals surface area contributed by atoms with Crippen LogP contribution in [0.4, 0.5) is 0 Å². The van der Waals surface area contributed by atoms with Gasteiger partial charge >= 0.3 is 17.9 Å². The zero-order valence-electron chi connectivity index (χ0n) is 52.6. The van der Waals surface area contributed by atoms with Crippen molar-refractivity contribution in [2.45, 2.75) is 361 Å². The molecule has 0 radical (unpaired) electrons. The Morgan fingerprint density at radius 1 is 0.266 bits per heavy atom. The first-order valence-corrected chi connectivity index (χ1v) is 34.4. The van der Waals surface area contributed by atoms with E-state index in [1.807, 2.05) is 0 Å². The van der Waals surface area contributed by atoms with Crippen LogP contribution in [-0.2, 0) is 28.6 Å². The number of ether oxygens (including phenoxy) is 3. The molecule has 79 heavy (non-hydrogen) atoms. The maximum absolute atomic E-state index is 12.9. The highest BCUT2D eigenvalue weighted by Gasteiger charge is 2.19. The van der Waals surface area contributed by atoms with Crippen molar-refractivity contribution >= 4 is 17.9 Å². The van der Waals surface area contributed by atoms with E-state index in [4.69, 9.17) is 14.2 Å². The molecular formula is C73H130O6. The van der Waals surface area contributed by atoms with Gasteiger partial charge in [-0.2, -0.15) is 0 Å². The second kappa shape index (κ2) is 67.4. The van der Waals surface area contributed by atoms with E-state index in [2.05, 4.69) is 93.7 Å². The van der Waals surface area contributed by atoms with Crippen LogP contribution in [0.5, 0.6) is 0 Å². The largest absolute Gasteiger partial charge is 0.462 e. The molecule has 0 aromatic rings. The van der Waals surface area contributed by atoms with Gasteiger partial charge in [0.2, 0.25) is 0 Å². The molecular weight excluding hydrogens is 973 g/mol. The van der Waals surface area contributed by atoms with Crippen LogP contribution in [0.2, 0.25) is 0 Å². The van der Waals surface area contributed by atoms with Gasteiger partial charge in [-0.05, 0) is 89.9 Å². The molecule has 6 nitrogen and oxygen atoms in total. The van der Waals surface area contributed by atoms with Gasteiger partial charge in [0.05, 0.1) is 0 Å². The summed E-state index contributed by atoms with van der Waals surface area (Å²) in [7, 11) is 0. The van der Waals surface area contributed by atoms with E-state index >= 15 is 0 Å². The first kappa shape index (κ1) is 75.8. The van der Waals surface area contributed by atoms with E-state index in [-0.39, 0.29) is 31.1 Å². The monoisotopic (exact) mass is 1100 g/mol. The second-order valence-electron chi connectivity index (χ2n) is 23.1.